The average molecular weight is 946 g/mol. The van der Waals surface area contributed by atoms with Crippen LogP contribution in [0, 0.1) is 0 Å². The normalized spacial score (nSPS) is 14.2. The summed E-state index contributed by atoms with van der Waals surface area (Å²) in [5, 5.41) is 35.0. The molecule has 284 valence electrons. The van der Waals surface area contributed by atoms with E-state index in [4.69, 9.17) is 41.0 Å². The number of nitrogens with zero attached hydrogens (tertiary/aromatic N) is 12. The summed E-state index contributed by atoms with van der Waals surface area (Å²) in [5.41, 5.74) is 6.27. The molecule has 13 heteroatoms. The summed E-state index contributed by atoms with van der Waals surface area (Å²) in [6.45, 7) is 0. The number of amidine groups is 2. The molecule has 6 aromatic carbocycles. The Bertz CT molecular complexity index is 2720. The fourth-order valence-corrected chi connectivity index (χ4v) is 7.20. The molecule has 12 nitrogen and oxygen atoms in total. The standard InChI is InChI=1S/C46H30N12.Pt/c1-7-19-31(20-8-1)37-43-47-39(51-55(43)33-23-11-3-12-24-33)41-49-45(57(53-41)35-27-15-5-16-28-35)38(32-21-9-2-10-22-32)46-50-42(54-58(46)36-29-17-6-18-30-36)40-48-44(37)56(52-40)34-25-13-4-14-26-34;/h1-30H;/q-2;+2. The van der Waals surface area contributed by atoms with Gasteiger partial charge in [0.05, 0.1) is 23.0 Å². The summed E-state index contributed by atoms with van der Waals surface area (Å²) in [5.74, 6) is 3.38. The summed E-state index contributed by atoms with van der Waals surface area (Å²) < 4.78 is 3.65. The monoisotopic (exact) mass is 945 g/mol. The molecule has 0 atom stereocenters. The van der Waals surface area contributed by atoms with Crippen molar-refractivity contribution in [1.29, 1.82) is 0 Å². The van der Waals surface area contributed by atoms with E-state index in [0.717, 1.165) is 33.9 Å². The third-order valence-corrected chi connectivity index (χ3v) is 9.85. The second kappa shape index (κ2) is 15.0. The fraction of sp³-hybridized carbons (Fsp3) is 0. The molecule has 0 amide bonds. The number of benzene rings is 6. The maximum atomic E-state index is 5.31. The average Bonchev–Trinajstić information content (AvgIpc) is 4.12. The van der Waals surface area contributed by atoms with Crippen molar-refractivity contribution >= 4 is 34.2 Å². The molecule has 0 radical (unpaired) electrons. The molecular weight excluding hydrogens is 916 g/mol. The van der Waals surface area contributed by atoms with Gasteiger partial charge in [0.1, 0.15) is 0 Å². The molecule has 8 aromatic rings. The summed E-state index contributed by atoms with van der Waals surface area (Å²) in [4.78, 5) is 10.6. The predicted molar refractivity (Wildman–Crippen MR) is 225 cm³/mol. The van der Waals surface area contributed by atoms with Crippen LogP contribution in [0.15, 0.2) is 204 Å². The smallest absolute Gasteiger partial charge is 0.359 e. The summed E-state index contributed by atoms with van der Waals surface area (Å²) in [6.07, 6.45) is 0. The minimum Gasteiger partial charge on any atom is -0.359 e. The van der Waals surface area contributed by atoms with Gasteiger partial charge < -0.3 is 30.9 Å². The summed E-state index contributed by atoms with van der Waals surface area (Å²) in [6, 6.07) is 59.8. The zero-order valence-corrected chi connectivity index (χ0v) is 33.3. The topological polar surface area (TPSA) is 121 Å². The number of para-hydroxylation sites is 4. The van der Waals surface area contributed by atoms with Crippen molar-refractivity contribution in [3.05, 3.63) is 239 Å². The first-order chi connectivity index (χ1) is 28.8. The fourth-order valence-electron chi connectivity index (χ4n) is 7.20. The van der Waals surface area contributed by atoms with E-state index in [1.54, 1.807) is 0 Å². The van der Waals surface area contributed by atoms with Gasteiger partial charge in [-0.15, -0.1) is 10.2 Å². The molecule has 8 bridgehead atoms. The largest absolute Gasteiger partial charge is 2.00 e. The van der Waals surface area contributed by atoms with E-state index in [-0.39, 0.29) is 21.1 Å². The third kappa shape index (κ3) is 6.32. The van der Waals surface area contributed by atoms with E-state index in [1.165, 1.54) is 0 Å². The number of aromatic nitrogens is 6. The van der Waals surface area contributed by atoms with Crippen LogP contribution in [0.25, 0.3) is 33.2 Å². The molecule has 3 aliphatic rings. The zero-order chi connectivity index (χ0) is 38.4. The molecule has 0 saturated carbocycles. The van der Waals surface area contributed by atoms with Gasteiger partial charge in [0.2, 0.25) is 0 Å². The first-order valence-corrected chi connectivity index (χ1v) is 18.7. The van der Waals surface area contributed by atoms with Crippen molar-refractivity contribution in [2.45, 2.75) is 0 Å². The number of rotatable bonds is 6. The number of anilines is 2. The van der Waals surface area contributed by atoms with E-state index in [1.807, 2.05) is 201 Å². The van der Waals surface area contributed by atoms with E-state index < -0.39 is 0 Å². The predicted octanol–water partition coefficient (Wildman–Crippen LogP) is 9.10. The van der Waals surface area contributed by atoms with Crippen LogP contribution in [-0.2, 0) is 21.1 Å². The van der Waals surface area contributed by atoms with Crippen LogP contribution in [0.2, 0.25) is 0 Å². The van der Waals surface area contributed by atoms with Gasteiger partial charge in [-0.25, -0.2) is 19.3 Å². The second-order valence-electron chi connectivity index (χ2n) is 13.5. The molecule has 11 rings (SSSR count). The Morgan fingerprint density at radius 2 is 0.661 bits per heavy atom. The molecule has 0 spiro atoms. The molecule has 0 aliphatic carbocycles. The maximum absolute atomic E-state index is 5.31. The second-order valence-corrected chi connectivity index (χ2v) is 13.5. The number of fused-ring (bicyclic) bond motifs is 10. The first-order valence-electron chi connectivity index (χ1n) is 18.7. The van der Waals surface area contributed by atoms with Gasteiger partial charge in [0.15, 0.2) is 23.3 Å². The first kappa shape index (κ1) is 35.7. The van der Waals surface area contributed by atoms with Crippen LogP contribution < -0.4 is 10.0 Å². The van der Waals surface area contributed by atoms with E-state index in [2.05, 4.69) is 0 Å². The van der Waals surface area contributed by atoms with Crippen molar-refractivity contribution in [3.8, 4) is 11.4 Å². The minimum atomic E-state index is 0. The molecule has 2 aromatic heterocycles. The van der Waals surface area contributed by atoms with E-state index in [9.17, 15) is 0 Å². The van der Waals surface area contributed by atoms with Gasteiger partial charge in [0.25, 0.3) is 0 Å². The molecule has 59 heavy (non-hydrogen) atoms. The van der Waals surface area contributed by atoms with Crippen LogP contribution in [0.4, 0.5) is 11.4 Å². The number of hydrogen-bond donors (Lipinski definition) is 0. The van der Waals surface area contributed by atoms with Gasteiger partial charge in [-0.3, -0.25) is 0 Å². The molecule has 0 N–H and O–H groups in total. The van der Waals surface area contributed by atoms with E-state index in [0.29, 0.717) is 57.8 Å². The van der Waals surface area contributed by atoms with Gasteiger partial charge in [-0.2, -0.15) is 0 Å². The van der Waals surface area contributed by atoms with Crippen molar-refractivity contribution < 1.29 is 21.1 Å². The Kier molecular flexibility index (Phi) is 9.08. The third-order valence-electron chi connectivity index (χ3n) is 9.85. The Balaban J connectivity index is 0.00000420. The van der Waals surface area contributed by atoms with Crippen LogP contribution in [0.3, 0.4) is 0 Å². The van der Waals surface area contributed by atoms with Gasteiger partial charge in [0, 0.05) is 22.8 Å². The Labute approximate surface area is 353 Å². The van der Waals surface area contributed by atoms with Crippen LogP contribution >= 0.6 is 0 Å². The molecule has 0 unspecified atom stereocenters. The van der Waals surface area contributed by atoms with Crippen molar-refractivity contribution in [1.82, 2.24) is 29.5 Å². The van der Waals surface area contributed by atoms with Crippen LogP contribution in [0.5, 0.6) is 0 Å². The van der Waals surface area contributed by atoms with E-state index >= 15 is 0 Å². The Morgan fingerprint density at radius 1 is 0.356 bits per heavy atom. The SMILES string of the molecule is [Pt+2].c1ccc(C2=C3[N-]C(=NN3c3ccccc3)c3nc(n(-c4ccccc4)n3)C(c3ccccc3)=C3[N-]C(=NN3c3ccccc3)c3nc2n(-c2ccccc2)n3)cc1. The van der Waals surface area contributed by atoms with Gasteiger partial charge >= 0.3 is 21.1 Å². The van der Waals surface area contributed by atoms with Crippen LogP contribution in [0.1, 0.15) is 34.4 Å². The summed E-state index contributed by atoms with van der Waals surface area (Å²) in [7, 11) is 0. The minimum absolute atomic E-state index is 0. The van der Waals surface area contributed by atoms with Gasteiger partial charge in [-0.1, -0.05) is 158 Å². The van der Waals surface area contributed by atoms with Crippen LogP contribution in [-0.4, -0.2) is 41.2 Å². The number of hydrazone groups is 2. The Morgan fingerprint density at radius 3 is 1.00 bits per heavy atom. The van der Waals surface area contributed by atoms with Crippen molar-refractivity contribution in [2.24, 2.45) is 10.2 Å². The quantitative estimate of drug-likeness (QED) is 0.164. The number of hydrogen-bond acceptors (Lipinski definition) is 8. The summed E-state index contributed by atoms with van der Waals surface area (Å²) >= 11 is 0. The molecular formula is C46H30N12Pt. The maximum Gasteiger partial charge on any atom is 2.00 e. The van der Waals surface area contributed by atoms with Crippen molar-refractivity contribution in [3.63, 3.8) is 0 Å². The Hall–Kier alpha value is -7.69. The van der Waals surface area contributed by atoms with Gasteiger partial charge in [-0.05, 0) is 46.8 Å². The van der Waals surface area contributed by atoms with Crippen molar-refractivity contribution in [2.75, 3.05) is 10.0 Å². The molecule has 0 saturated heterocycles. The molecule has 5 heterocycles. The zero-order valence-electron chi connectivity index (χ0n) is 31.0. The molecule has 0 fully saturated rings. The molecule has 3 aliphatic heterocycles.